The predicted octanol–water partition coefficient (Wildman–Crippen LogP) is 1.47. The molecule has 0 amide bonds. The van der Waals surface area contributed by atoms with Crippen LogP contribution in [0.25, 0.3) is 0 Å². The third-order valence-corrected chi connectivity index (χ3v) is 5.26. The Bertz CT molecular complexity index is 477. The molecule has 1 saturated heterocycles. The summed E-state index contributed by atoms with van der Waals surface area (Å²) in [5.41, 5.74) is -0.0685. The molecule has 1 heterocycles. The summed E-state index contributed by atoms with van der Waals surface area (Å²) >= 11 is 0. The fourth-order valence-electron chi connectivity index (χ4n) is 4.15. The predicted molar refractivity (Wildman–Crippen MR) is 68.1 cm³/mol. The molecule has 104 valence electrons. The highest BCUT2D eigenvalue weighted by Crippen LogP contribution is 2.51. The van der Waals surface area contributed by atoms with Crippen molar-refractivity contribution in [2.45, 2.75) is 45.3 Å². The fourth-order valence-corrected chi connectivity index (χ4v) is 4.15. The van der Waals surface area contributed by atoms with E-state index in [9.17, 15) is 14.7 Å². The Labute approximate surface area is 112 Å². The number of aliphatic hydroxyl groups is 1. The average Bonchev–Trinajstić information content (AvgIpc) is 2.71. The van der Waals surface area contributed by atoms with E-state index in [0.29, 0.717) is 6.42 Å². The van der Waals surface area contributed by atoms with Crippen LogP contribution in [0.5, 0.6) is 0 Å². The molecule has 1 aliphatic heterocycles. The van der Waals surface area contributed by atoms with Crippen molar-refractivity contribution < 1.29 is 19.4 Å². The molecule has 4 heteroatoms. The highest BCUT2D eigenvalue weighted by molar-refractivity contribution is 5.96. The first-order chi connectivity index (χ1) is 8.83. The minimum Gasteiger partial charge on any atom is -0.461 e. The van der Waals surface area contributed by atoms with Gasteiger partial charge in [0.05, 0.1) is 17.4 Å². The molecule has 19 heavy (non-hydrogen) atoms. The van der Waals surface area contributed by atoms with Crippen LogP contribution in [0.1, 0.15) is 33.6 Å². The van der Waals surface area contributed by atoms with Crippen molar-refractivity contribution in [3.8, 4) is 0 Å². The largest absolute Gasteiger partial charge is 0.461 e. The standard InChI is InChI=1S/C15H20O4/c1-7-6-10(16)12-11(7)13-9(4-5-15(12,3)18)8(2)14(17)19-13/h6,8-9,11-13,18H,4-5H2,1-3H3/t8-,9-,11-,12+,13-,15+/m0/s1. The zero-order chi connectivity index (χ0) is 13.9. The minimum atomic E-state index is -1.01. The van der Waals surface area contributed by atoms with Crippen LogP contribution < -0.4 is 0 Å². The third-order valence-electron chi connectivity index (χ3n) is 5.26. The molecule has 0 aromatic rings. The van der Waals surface area contributed by atoms with Gasteiger partial charge in [0.15, 0.2) is 5.78 Å². The number of ether oxygens (including phenoxy) is 1. The van der Waals surface area contributed by atoms with Crippen molar-refractivity contribution in [2.75, 3.05) is 0 Å². The van der Waals surface area contributed by atoms with Crippen LogP contribution >= 0.6 is 0 Å². The summed E-state index contributed by atoms with van der Waals surface area (Å²) < 4.78 is 5.54. The molecule has 1 N–H and O–H groups in total. The van der Waals surface area contributed by atoms with Crippen LogP contribution in [0, 0.1) is 23.7 Å². The lowest BCUT2D eigenvalue weighted by molar-refractivity contribution is -0.148. The van der Waals surface area contributed by atoms with Crippen molar-refractivity contribution in [1.82, 2.24) is 0 Å². The lowest BCUT2D eigenvalue weighted by Crippen LogP contribution is -2.43. The zero-order valence-electron chi connectivity index (χ0n) is 11.6. The minimum absolute atomic E-state index is 0.0243. The molecule has 0 radical (unpaired) electrons. The highest BCUT2D eigenvalue weighted by atomic mass is 16.6. The van der Waals surface area contributed by atoms with Crippen LogP contribution in [0.4, 0.5) is 0 Å². The van der Waals surface area contributed by atoms with Gasteiger partial charge in [-0.3, -0.25) is 9.59 Å². The summed E-state index contributed by atoms with van der Waals surface area (Å²) in [6.45, 7) is 5.53. The maximum atomic E-state index is 12.2. The molecule has 2 fully saturated rings. The second-order valence-corrected chi connectivity index (χ2v) is 6.54. The van der Waals surface area contributed by atoms with Crippen LogP contribution in [-0.4, -0.2) is 28.6 Å². The van der Waals surface area contributed by atoms with Crippen molar-refractivity contribution in [3.63, 3.8) is 0 Å². The van der Waals surface area contributed by atoms with Crippen LogP contribution in [0.15, 0.2) is 11.6 Å². The summed E-state index contributed by atoms with van der Waals surface area (Å²) in [4.78, 5) is 24.0. The number of esters is 1. The van der Waals surface area contributed by atoms with E-state index in [4.69, 9.17) is 4.74 Å². The first-order valence-electron chi connectivity index (χ1n) is 6.98. The normalized spacial score (nSPS) is 49.3. The van der Waals surface area contributed by atoms with Crippen molar-refractivity contribution in [1.29, 1.82) is 0 Å². The molecule has 4 nitrogen and oxygen atoms in total. The van der Waals surface area contributed by atoms with E-state index in [0.717, 1.165) is 12.0 Å². The molecule has 0 unspecified atom stereocenters. The number of hydrogen-bond donors (Lipinski definition) is 1. The van der Waals surface area contributed by atoms with Gasteiger partial charge >= 0.3 is 5.97 Å². The molecule has 1 saturated carbocycles. The Morgan fingerprint density at radius 2 is 2.11 bits per heavy atom. The Morgan fingerprint density at radius 3 is 2.79 bits per heavy atom. The number of carbonyl (C=O) groups is 2. The van der Waals surface area contributed by atoms with E-state index in [1.54, 1.807) is 13.0 Å². The summed E-state index contributed by atoms with van der Waals surface area (Å²) in [5.74, 6) is -0.818. The van der Waals surface area contributed by atoms with Gasteiger partial charge in [0.2, 0.25) is 0 Å². The summed E-state index contributed by atoms with van der Waals surface area (Å²) in [5, 5.41) is 10.6. The van der Waals surface area contributed by atoms with E-state index in [2.05, 4.69) is 0 Å². The molecular weight excluding hydrogens is 244 g/mol. The second kappa shape index (κ2) is 3.92. The van der Waals surface area contributed by atoms with Crippen LogP contribution in [-0.2, 0) is 14.3 Å². The molecule has 6 atom stereocenters. The van der Waals surface area contributed by atoms with Crippen LogP contribution in [0.3, 0.4) is 0 Å². The number of allylic oxidation sites excluding steroid dienone is 1. The molecule has 0 spiro atoms. The number of fused-ring (bicyclic) bond motifs is 3. The van der Waals surface area contributed by atoms with Gasteiger partial charge < -0.3 is 9.84 Å². The molecule has 3 rings (SSSR count). The maximum Gasteiger partial charge on any atom is 0.309 e. The van der Waals surface area contributed by atoms with Gasteiger partial charge in [0.1, 0.15) is 6.10 Å². The number of hydrogen-bond acceptors (Lipinski definition) is 4. The Balaban J connectivity index is 2.05. The Hall–Kier alpha value is -1.16. The maximum absolute atomic E-state index is 12.2. The summed E-state index contributed by atoms with van der Waals surface area (Å²) in [6.07, 6.45) is 2.65. The van der Waals surface area contributed by atoms with Gasteiger partial charge in [-0.15, -0.1) is 0 Å². The molecule has 2 aliphatic carbocycles. The number of ketones is 1. The fraction of sp³-hybridized carbons (Fsp3) is 0.733. The van der Waals surface area contributed by atoms with E-state index in [1.807, 2.05) is 13.8 Å². The van der Waals surface area contributed by atoms with Crippen molar-refractivity contribution >= 4 is 11.8 Å². The van der Waals surface area contributed by atoms with E-state index >= 15 is 0 Å². The molecular formula is C15H20O4. The van der Waals surface area contributed by atoms with Crippen molar-refractivity contribution in [2.24, 2.45) is 23.7 Å². The smallest absolute Gasteiger partial charge is 0.309 e. The molecule has 0 bridgehead atoms. The highest BCUT2D eigenvalue weighted by Gasteiger charge is 2.57. The van der Waals surface area contributed by atoms with E-state index in [-0.39, 0.29) is 35.6 Å². The lowest BCUT2D eigenvalue weighted by atomic mass is 9.75. The molecule has 0 aromatic heterocycles. The van der Waals surface area contributed by atoms with E-state index in [1.165, 1.54) is 0 Å². The molecule has 3 aliphatic rings. The number of rotatable bonds is 0. The van der Waals surface area contributed by atoms with Gasteiger partial charge in [0.25, 0.3) is 0 Å². The second-order valence-electron chi connectivity index (χ2n) is 6.54. The Morgan fingerprint density at radius 1 is 1.42 bits per heavy atom. The van der Waals surface area contributed by atoms with Crippen molar-refractivity contribution in [3.05, 3.63) is 11.6 Å². The quantitative estimate of drug-likeness (QED) is 0.673. The summed E-state index contributed by atoms with van der Waals surface area (Å²) in [7, 11) is 0. The SMILES string of the molecule is CC1=CC(=O)[C@@H]2[C@H]1[C@H]1OC(=O)[C@@H](C)[C@@H]1CC[C@@]2(C)O. The van der Waals surface area contributed by atoms with Gasteiger partial charge in [-0.2, -0.15) is 0 Å². The monoisotopic (exact) mass is 264 g/mol. The molecule has 0 aromatic carbocycles. The van der Waals surface area contributed by atoms with Gasteiger partial charge in [-0.1, -0.05) is 12.5 Å². The first kappa shape index (κ1) is 12.9. The number of carbonyl (C=O) groups excluding carboxylic acids is 2. The van der Waals surface area contributed by atoms with Gasteiger partial charge in [-0.25, -0.2) is 0 Å². The summed E-state index contributed by atoms with van der Waals surface area (Å²) in [6, 6.07) is 0. The zero-order valence-corrected chi connectivity index (χ0v) is 11.6. The first-order valence-corrected chi connectivity index (χ1v) is 6.98. The third kappa shape index (κ3) is 1.69. The van der Waals surface area contributed by atoms with E-state index < -0.39 is 11.5 Å². The topological polar surface area (TPSA) is 63.6 Å². The van der Waals surface area contributed by atoms with Crippen LogP contribution in [0.2, 0.25) is 0 Å². The van der Waals surface area contributed by atoms with Gasteiger partial charge in [-0.05, 0) is 32.8 Å². The Kier molecular flexibility index (Phi) is 2.65. The average molecular weight is 264 g/mol. The lowest BCUT2D eigenvalue weighted by Gasteiger charge is -2.33. The van der Waals surface area contributed by atoms with Gasteiger partial charge in [0, 0.05) is 11.8 Å².